The molecule has 0 radical (unpaired) electrons. The molecule has 0 saturated carbocycles. The van der Waals surface area contributed by atoms with Crippen molar-refractivity contribution in [2.75, 3.05) is 0 Å². The van der Waals surface area contributed by atoms with Gasteiger partial charge >= 0.3 is 20.4 Å². The summed E-state index contributed by atoms with van der Waals surface area (Å²) in [5.41, 5.74) is 19.4. The van der Waals surface area contributed by atoms with E-state index in [0.717, 1.165) is 54.6 Å². The Kier molecular flexibility index (Phi) is 55.5. The average Bonchev–Trinajstić information content (AvgIpc) is 3.75. The monoisotopic (exact) mass is 1120 g/mol. The van der Waals surface area contributed by atoms with E-state index < -0.39 is 0 Å². The van der Waals surface area contributed by atoms with Crippen molar-refractivity contribution >= 4 is 11.4 Å². The number of unbranched alkanes of at least 4 members (excludes halogenated alkanes) is 41. The Balaban J connectivity index is 0.00000116. The van der Waals surface area contributed by atoms with Crippen LogP contribution in [0.1, 0.15) is 359 Å². The molecule has 1 heterocycles. The van der Waals surface area contributed by atoms with Gasteiger partial charge in [0.1, 0.15) is 0 Å². The predicted molar refractivity (Wildman–Crippen MR) is 335 cm³/mol. The second kappa shape index (κ2) is 56.9. The molecule has 1 aliphatic rings. The van der Waals surface area contributed by atoms with E-state index in [1.807, 2.05) is 0 Å². The molecule has 75 heavy (non-hydrogen) atoms. The van der Waals surface area contributed by atoms with Crippen molar-refractivity contribution < 1.29 is 25.1 Å². The third kappa shape index (κ3) is 41.8. The van der Waals surface area contributed by atoms with Gasteiger partial charge in [0.25, 0.3) is 0 Å². The van der Waals surface area contributed by atoms with Gasteiger partial charge < -0.3 is 19.4 Å². The summed E-state index contributed by atoms with van der Waals surface area (Å²) in [6.45, 7) is 19.1. The minimum atomic E-state index is 0. The zero-order valence-electron chi connectivity index (χ0n) is 51.0. The summed E-state index contributed by atoms with van der Waals surface area (Å²) in [6, 6.07) is 17.6. The first-order valence-corrected chi connectivity index (χ1v) is 33.2. The van der Waals surface area contributed by atoms with Crippen LogP contribution < -0.4 is 0 Å². The molecular formula is C72H126N2Pd. The molecule has 434 valence electrons. The van der Waals surface area contributed by atoms with E-state index in [1.54, 1.807) is 0 Å². The van der Waals surface area contributed by atoms with Crippen molar-refractivity contribution in [1.82, 2.24) is 0 Å². The van der Waals surface area contributed by atoms with E-state index >= 15 is 0 Å². The largest absolute Gasteiger partial charge is 2.00 e. The van der Waals surface area contributed by atoms with E-state index in [1.165, 1.54) is 304 Å². The van der Waals surface area contributed by atoms with Gasteiger partial charge in [0.05, 0.1) is 0 Å². The number of aryl methyl sites for hydroxylation is 2. The predicted octanol–water partition coefficient (Wildman–Crippen LogP) is 25.6. The summed E-state index contributed by atoms with van der Waals surface area (Å²) in [6.07, 6.45) is 69.6. The average molecular weight is 1130 g/mol. The smallest absolute Gasteiger partial charge is 0.493 e. The third-order valence-corrected chi connectivity index (χ3v) is 15.7. The molecule has 0 bridgehead atoms. The zero-order valence-corrected chi connectivity index (χ0v) is 52.5. The second-order valence-electron chi connectivity index (χ2n) is 22.9. The van der Waals surface area contributed by atoms with E-state index in [-0.39, 0.29) is 20.4 Å². The molecule has 0 unspecified atom stereocenters. The molecule has 0 aliphatic carbocycles. The molecule has 2 aromatic carbocycles. The van der Waals surface area contributed by atoms with Gasteiger partial charge in [0.2, 0.25) is 11.4 Å². The summed E-state index contributed by atoms with van der Waals surface area (Å²) in [5.74, 6) is 0. The SMILES string of the molecule is CCCCCCCCC1=C(c2ccc(CCCC)cc2)[N+](=[N-])C(c2ccc(CCCC)cc2)=C1.[CH2-]CCCCCCCCCCCCCCCCCCC.[CH2-]CCCCCCCCCCCCCCCCCCC.[Pd+2]. The van der Waals surface area contributed by atoms with E-state index in [2.05, 4.69) is 103 Å². The molecule has 3 heteroatoms. The zero-order chi connectivity index (χ0) is 53.6. The maximum absolute atomic E-state index is 11.3. The Labute approximate surface area is 484 Å². The fourth-order valence-electron chi connectivity index (χ4n) is 10.6. The fraction of sp³-hybridized carbons (Fsp3) is 0.750. The molecule has 0 saturated heterocycles. The van der Waals surface area contributed by atoms with Crippen molar-refractivity contribution in [2.45, 2.75) is 349 Å². The Bertz CT molecular complexity index is 1480. The van der Waals surface area contributed by atoms with Crippen LogP contribution in [0.15, 0.2) is 60.2 Å². The standard InChI is InChI=1S/C32H44N2.2C20H41.Pd/c1-4-7-10-11-12-13-16-30-25-31(28-21-17-26(18-22-28)14-8-5-2)34(33)32(30)29-23-19-27(20-24-29)15-9-6-3;2*1-3-5-7-9-11-13-15-17-19-20-18-16-14-12-10-8-6-4-2;/h17-25H,4-16H2,1-3H3;2*1,3-20H2,2H3;/q;2*-1;+2. The van der Waals surface area contributed by atoms with Gasteiger partial charge in [-0.15, -0.1) is 0 Å². The van der Waals surface area contributed by atoms with Gasteiger partial charge in [-0.1, -0.05) is 322 Å². The van der Waals surface area contributed by atoms with Crippen molar-refractivity contribution in [2.24, 2.45) is 0 Å². The number of hydrogen-bond donors (Lipinski definition) is 0. The first kappa shape index (κ1) is 73.2. The molecule has 0 N–H and O–H groups in total. The van der Waals surface area contributed by atoms with Crippen LogP contribution in [0, 0.1) is 13.8 Å². The topological polar surface area (TPSA) is 25.3 Å². The van der Waals surface area contributed by atoms with E-state index in [0.29, 0.717) is 0 Å². The molecule has 0 amide bonds. The molecule has 0 aromatic heterocycles. The maximum atomic E-state index is 11.3. The summed E-state index contributed by atoms with van der Waals surface area (Å²) < 4.78 is 1.44. The first-order valence-electron chi connectivity index (χ1n) is 33.2. The molecular weight excluding hydrogens is 999 g/mol. The maximum Gasteiger partial charge on any atom is 2.00 e. The number of rotatable bonds is 49. The Morgan fingerprint density at radius 2 is 0.560 bits per heavy atom. The Hall–Kier alpha value is -1.82. The van der Waals surface area contributed by atoms with Crippen molar-refractivity contribution in [3.8, 4) is 0 Å². The summed E-state index contributed by atoms with van der Waals surface area (Å²) in [7, 11) is 0. The van der Waals surface area contributed by atoms with Crippen LogP contribution >= 0.6 is 0 Å². The van der Waals surface area contributed by atoms with Crippen LogP contribution in [-0.2, 0) is 33.3 Å². The summed E-state index contributed by atoms with van der Waals surface area (Å²) in [5, 5.41) is 0. The normalized spacial score (nSPS) is 12.1. The molecule has 0 atom stereocenters. The van der Waals surface area contributed by atoms with Crippen LogP contribution in [0.4, 0.5) is 0 Å². The second-order valence-corrected chi connectivity index (χ2v) is 22.9. The Morgan fingerprint density at radius 1 is 0.307 bits per heavy atom. The van der Waals surface area contributed by atoms with Gasteiger partial charge in [-0.3, -0.25) is 0 Å². The first-order chi connectivity index (χ1) is 36.5. The number of benzene rings is 2. The summed E-state index contributed by atoms with van der Waals surface area (Å²) >= 11 is 0. The number of hydrogen-bond acceptors (Lipinski definition) is 0. The molecule has 2 aromatic rings. The molecule has 0 spiro atoms. The van der Waals surface area contributed by atoms with E-state index in [4.69, 9.17) is 0 Å². The van der Waals surface area contributed by atoms with Gasteiger partial charge in [-0.2, -0.15) is 12.8 Å². The van der Waals surface area contributed by atoms with Crippen molar-refractivity contribution in [1.29, 1.82) is 0 Å². The third-order valence-electron chi connectivity index (χ3n) is 15.7. The van der Waals surface area contributed by atoms with Crippen LogP contribution in [0.2, 0.25) is 0 Å². The van der Waals surface area contributed by atoms with Crippen LogP contribution in [0.3, 0.4) is 0 Å². The Morgan fingerprint density at radius 3 is 0.840 bits per heavy atom. The van der Waals surface area contributed by atoms with Gasteiger partial charge in [0, 0.05) is 22.8 Å². The van der Waals surface area contributed by atoms with Crippen LogP contribution in [-0.4, -0.2) is 4.70 Å². The minimum absolute atomic E-state index is 0. The molecule has 1 aliphatic heterocycles. The fourth-order valence-corrected chi connectivity index (χ4v) is 10.6. The molecule has 3 rings (SSSR count). The van der Waals surface area contributed by atoms with Gasteiger partial charge in [-0.05, 0) is 73.9 Å². The van der Waals surface area contributed by atoms with Gasteiger partial charge in [-0.25, -0.2) is 4.70 Å². The van der Waals surface area contributed by atoms with Crippen molar-refractivity contribution in [3.05, 3.63) is 102 Å². The molecule has 2 nitrogen and oxygen atoms in total. The minimum Gasteiger partial charge on any atom is -0.493 e. The van der Waals surface area contributed by atoms with Crippen molar-refractivity contribution in [3.63, 3.8) is 0 Å². The van der Waals surface area contributed by atoms with Crippen LogP contribution in [0.25, 0.3) is 16.9 Å². The van der Waals surface area contributed by atoms with Crippen LogP contribution in [0.5, 0.6) is 0 Å². The van der Waals surface area contributed by atoms with Gasteiger partial charge in [0.15, 0.2) is 0 Å². The number of nitrogens with zero attached hydrogens (tertiary/aromatic N) is 2. The quantitative estimate of drug-likeness (QED) is 0.0273. The number of allylic oxidation sites excluding steroid dienone is 2. The van der Waals surface area contributed by atoms with E-state index in [9.17, 15) is 5.53 Å². The molecule has 0 fully saturated rings. The summed E-state index contributed by atoms with van der Waals surface area (Å²) in [4.78, 5) is 0.